The molecule has 2 aromatic heterocycles. The molecular formula is C23H23ClN4O3. The monoisotopic (exact) mass is 438 g/mol. The predicted octanol–water partition coefficient (Wildman–Crippen LogP) is 4.34. The number of benzene rings is 1. The van der Waals surface area contributed by atoms with Crippen molar-refractivity contribution in [3.05, 3.63) is 65.7 Å². The molecule has 1 aliphatic rings. The van der Waals surface area contributed by atoms with Gasteiger partial charge in [-0.3, -0.25) is 9.78 Å². The number of anilines is 1. The number of aryl methyl sites for hydroxylation is 1. The summed E-state index contributed by atoms with van der Waals surface area (Å²) in [6, 6.07) is 7.68. The van der Waals surface area contributed by atoms with Crippen molar-refractivity contribution >= 4 is 34.1 Å². The van der Waals surface area contributed by atoms with Crippen molar-refractivity contribution in [3.63, 3.8) is 0 Å². The van der Waals surface area contributed by atoms with E-state index in [1.807, 2.05) is 31.2 Å². The van der Waals surface area contributed by atoms with Crippen LogP contribution < -0.4 is 14.8 Å². The standard InChI is InChI=1S/C23H23ClN4O3/c1-3-26-19-10-15(2)27-23-16(19)6-4-7-20(23)30-13-17-18(24)11-25-12-21(17)31-14-22(29)28-8-5-9-28/h3-4,6-7,10-12H,1,5,8-9,13-14H2,2H3,(H,26,27). The fourth-order valence-corrected chi connectivity index (χ4v) is 3.55. The Morgan fingerprint density at radius 1 is 1.29 bits per heavy atom. The average molecular weight is 439 g/mol. The van der Waals surface area contributed by atoms with Crippen LogP contribution in [0.3, 0.4) is 0 Å². The maximum absolute atomic E-state index is 12.1. The van der Waals surface area contributed by atoms with Gasteiger partial charge in [-0.2, -0.15) is 0 Å². The Morgan fingerprint density at radius 3 is 2.87 bits per heavy atom. The lowest BCUT2D eigenvalue weighted by Gasteiger charge is -2.30. The summed E-state index contributed by atoms with van der Waals surface area (Å²) in [5.41, 5.74) is 3.11. The second-order valence-electron chi connectivity index (χ2n) is 7.22. The second kappa shape index (κ2) is 9.22. The molecule has 0 bridgehead atoms. The van der Waals surface area contributed by atoms with E-state index < -0.39 is 0 Å². The van der Waals surface area contributed by atoms with Crippen LogP contribution in [0.4, 0.5) is 5.69 Å². The number of hydrogen-bond donors (Lipinski definition) is 1. The molecule has 1 fully saturated rings. The molecule has 0 radical (unpaired) electrons. The molecule has 0 spiro atoms. The maximum Gasteiger partial charge on any atom is 0.260 e. The number of para-hydroxylation sites is 1. The third kappa shape index (κ3) is 4.56. The fourth-order valence-electron chi connectivity index (χ4n) is 3.35. The Hall–Kier alpha value is -3.32. The first kappa shape index (κ1) is 20.9. The number of nitrogens with zero attached hydrogens (tertiary/aromatic N) is 3. The topological polar surface area (TPSA) is 76.6 Å². The van der Waals surface area contributed by atoms with E-state index in [1.54, 1.807) is 17.3 Å². The number of carbonyl (C=O) groups is 1. The molecule has 1 N–H and O–H groups in total. The molecule has 4 rings (SSSR count). The van der Waals surface area contributed by atoms with Crippen molar-refractivity contribution in [2.45, 2.75) is 20.0 Å². The number of pyridine rings is 2. The largest absolute Gasteiger partial charge is 0.486 e. The quantitative estimate of drug-likeness (QED) is 0.564. The number of ether oxygens (including phenoxy) is 2. The summed E-state index contributed by atoms with van der Waals surface area (Å²) in [6.07, 6.45) is 5.74. The molecule has 0 saturated carbocycles. The average Bonchev–Trinajstić information content (AvgIpc) is 2.70. The van der Waals surface area contributed by atoms with Crippen LogP contribution in [0.5, 0.6) is 11.5 Å². The number of halogens is 1. The van der Waals surface area contributed by atoms with Crippen LogP contribution in [-0.4, -0.2) is 40.5 Å². The molecular weight excluding hydrogens is 416 g/mol. The molecule has 31 heavy (non-hydrogen) atoms. The third-order valence-corrected chi connectivity index (χ3v) is 5.41. The number of hydrogen-bond acceptors (Lipinski definition) is 6. The molecule has 0 unspecified atom stereocenters. The van der Waals surface area contributed by atoms with E-state index in [1.165, 1.54) is 6.20 Å². The molecule has 7 nitrogen and oxygen atoms in total. The summed E-state index contributed by atoms with van der Waals surface area (Å²) < 4.78 is 11.8. The van der Waals surface area contributed by atoms with Crippen molar-refractivity contribution < 1.29 is 14.3 Å². The number of amides is 1. The molecule has 8 heteroatoms. The minimum atomic E-state index is -0.0549. The molecule has 3 aromatic rings. The molecule has 0 aliphatic carbocycles. The van der Waals surface area contributed by atoms with Gasteiger partial charge in [0.05, 0.1) is 16.8 Å². The van der Waals surface area contributed by atoms with Gasteiger partial charge >= 0.3 is 0 Å². The minimum absolute atomic E-state index is 0.0472. The molecule has 3 heterocycles. The van der Waals surface area contributed by atoms with Gasteiger partial charge in [0.1, 0.15) is 23.6 Å². The lowest BCUT2D eigenvalue weighted by Crippen LogP contribution is -2.44. The number of rotatable bonds is 8. The van der Waals surface area contributed by atoms with Crippen molar-refractivity contribution in [3.8, 4) is 11.5 Å². The molecule has 1 saturated heterocycles. The van der Waals surface area contributed by atoms with Gasteiger partial charge in [0.15, 0.2) is 6.61 Å². The number of aromatic nitrogens is 2. The lowest BCUT2D eigenvalue weighted by atomic mass is 10.1. The summed E-state index contributed by atoms with van der Waals surface area (Å²) in [4.78, 5) is 22.6. The summed E-state index contributed by atoms with van der Waals surface area (Å²) in [5.74, 6) is 0.998. The molecule has 1 aliphatic heterocycles. The minimum Gasteiger partial charge on any atom is -0.486 e. The van der Waals surface area contributed by atoms with Gasteiger partial charge < -0.3 is 19.7 Å². The van der Waals surface area contributed by atoms with E-state index >= 15 is 0 Å². The lowest BCUT2D eigenvalue weighted by molar-refractivity contribution is -0.136. The smallest absolute Gasteiger partial charge is 0.260 e. The normalized spacial score (nSPS) is 12.9. The highest BCUT2D eigenvalue weighted by Gasteiger charge is 2.21. The van der Waals surface area contributed by atoms with E-state index in [9.17, 15) is 4.79 Å². The predicted molar refractivity (Wildman–Crippen MR) is 121 cm³/mol. The van der Waals surface area contributed by atoms with Crippen LogP contribution in [0.15, 0.2) is 49.4 Å². The number of likely N-dealkylation sites (tertiary alicyclic amines) is 1. The number of carbonyl (C=O) groups excluding carboxylic acids is 1. The van der Waals surface area contributed by atoms with E-state index in [-0.39, 0.29) is 19.1 Å². The zero-order valence-corrected chi connectivity index (χ0v) is 18.0. The van der Waals surface area contributed by atoms with Gasteiger partial charge in [-0.15, -0.1) is 0 Å². The second-order valence-corrected chi connectivity index (χ2v) is 7.63. The summed E-state index contributed by atoms with van der Waals surface area (Å²) in [5, 5.41) is 4.47. The van der Waals surface area contributed by atoms with E-state index in [0.29, 0.717) is 22.1 Å². The SMILES string of the molecule is C=CNc1cc(C)nc2c(OCc3c(Cl)cncc3OCC(=O)N3CCC3)cccc12. The molecule has 1 aromatic carbocycles. The van der Waals surface area contributed by atoms with Crippen molar-refractivity contribution in [1.82, 2.24) is 14.9 Å². The van der Waals surface area contributed by atoms with Crippen molar-refractivity contribution in [2.75, 3.05) is 25.0 Å². The molecule has 0 atom stereocenters. The first-order valence-corrected chi connectivity index (χ1v) is 10.4. The summed E-state index contributed by atoms with van der Waals surface area (Å²) >= 11 is 6.37. The first-order chi connectivity index (χ1) is 15.1. The highest BCUT2D eigenvalue weighted by atomic mass is 35.5. The van der Waals surface area contributed by atoms with E-state index in [2.05, 4.69) is 21.9 Å². The Bertz CT molecular complexity index is 1130. The summed E-state index contributed by atoms with van der Waals surface area (Å²) in [6.45, 7) is 7.31. The molecule has 160 valence electrons. The number of nitrogens with one attached hydrogen (secondary N) is 1. The van der Waals surface area contributed by atoms with Crippen molar-refractivity contribution in [1.29, 1.82) is 0 Å². The Labute approximate surface area is 185 Å². The van der Waals surface area contributed by atoms with Crippen molar-refractivity contribution in [2.24, 2.45) is 0 Å². The van der Waals surface area contributed by atoms with Crippen LogP contribution >= 0.6 is 11.6 Å². The van der Waals surface area contributed by atoms with Gasteiger partial charge in [-0.05, 0) is 31.7 Å². The van der Waals surface area contributed by atoms with Gasteiger partial charge in [0, 0.05) is 36.1 Å². The van der Waals surface area contributed by atoms with Crippen LogP contribution in [0.1, 0.15) is 17.7 Å². The molecule has 1 amide bonds. The van der Waals surface area contributed by atoms with Gasteiger partial charge in [-0.25, -0.2) is 4.98 Å². The van der Waals surface area contributed by atoms with Gasteiger partial charge in [0.25, 0.3) is 5.91 Å². The van der Waals surface area contributed by atoms with Gasteiger partial charge in [0.2, 0.25) is 0 Å². The van der Waals surface area contributed by atoms with Crippen LogP contribution in [-0.2, 0) is 11.4 Å². The zero-order chi connectivity index (χ0) is 21.8. The Morgan fingerprint density at radius 2 is 2.13 bits per heavy atom. The number of fused-ring (bicyclic) bond motifs is 1. The van der Waals surface area contributed by atoms with Crippen LogP contribution in [0.25, 0.3) is 10.9 Å². The van der Waals surface area contributed by atoms with Crippen LogP contribution in [0, 0.1) is 6.92 Å². The highest BCUT2D eigenvalue weighted by molar-refractivity contribution is 6.31. The first-order valence-electron chi connectivity index (χ1n) is 10.0. The third-order valence-electron chi connectivity index (χ3n) is 5.09. The fraction of sp³-hybridized carbons (Fsp3) is 0.261. The Balaban J connectivity index is 1.56. The highest BCUT2D eigenvalue weighted by Crippen LogP contribution is 2.32. The van der Waals surface area contributed by atoms with Crippen LogP contribution in [0.2, 0.25) is 5.02 Å². The zero-order valence-electron chi connectivity index (χ0n) is 17.2. The van der Waals surface area contributed by atoms with Gasteiger partial charge in [-0.1, -0.05) is 30.3 Å². The van der Waals surface area contributed by atoms with E-state index in [0.717, 1.165) is 41.8 Å². The maximum atomic E-state index is 12.1. The summed E-state index contributed by atoms with van der Waals surface area (Å²) in [7, 11) is 0. The Kier molecular flexibility index (Phi) is 6.23. The van der Waals surface area contributed by atoms with E-state index in [4.69, 9.17) is 21.1 Å².